The molecule has 3 aromatic heterocycles. The topological polar surface area (TPSA) is 163 Å². The minimum atomic E-state index is -0.464. The molecule has 4 fully saturated rings. The molecular formula is C72H98N4O8. The lowest BCUT2D eigenvalue weighted by Crippen LogP contribution is -2.21. The highest BCUT2D eigenvalue weighted by Gasteiger charge is 2.68. The number of aromatic amines is 2. The molecule has 2 N–H and O–H groups in total. The lowest BCUT2D eigenvalue weighted by molar-refractivity contribution is -0.153. The second-order valence-corrected chi connectivity index (χ2v) is 29.0. The van der Waals surface area contributed by atoms with Crippen LogP contribution in [0.3, 0.4) is 0 Å². The number of fused-ring (bicyclic) bond motifs is 16. The number of hydrogen-bond donors (Lipinski definition) is 2. The van der Waals surface area contributed by atoms with E-state index in [4.69, 9.17) is 28.9 Å². The average molecular weight is 1150 g/mol. The Balaban J connectivity index is 1.13. The van der Waals surface area contributed by atoms with Crippen LogP contribution in [0.2, 0.25) is 0 Å². The van der Waals surface area contributed by atoms with E-state index in [2.05, 4.69) is 128 Å². The van der Waals surface area contributed by atoms with Gasteiger partial charge in [0.25, 0.3) is 0 Å². The molecule has 4 saturated carbocycles. The van der Waals surface area contributed by atoms with Gasteiger partial charge in [0.05, 0.1) is 59.7 Å². The summed E-state index contributed by atoms with van der Waals surface area (Å²) in [5, 5.41) is 0. The van der Waals surface area contributed by atoms with Gasteiger partial charge >= 0.3 is 23.9 Å². The van der Waals surface area contributed by atoms with Crippen LogP contribution in [0.4, 0.5) is 0 Å². The molecular weight excluding hydrogens is 1050 g/mol. The van der Waals surface area contributed by atoms with E-state index in [9.17, 15) is 19.2 Å². The molecule has 0 radical (unpaired) electrons. The van der Waals surface area contributed by atoms with Gasteiger partial charge in [-0.1, -0.05) is 159 Å². The molecule has 3 aromatic rings. The number of carbonyl (C=O) groups is 4. The first-order chi connectivity index (χ1) is 40.3. The summed E-state index contributed by atoms with van der Waals surface area (Å²) in [6.45, 7) is 22.6. The lowest BCUT2D eigenvalue weighted by atomic mass is 10.00. The van der Waals surface area contributed by atoms with E-state index in [-0.39, 0.29) is 59.8 Å². The van der Waals surface area contributed by atoms with Crippen LogP contribution in [0.5, 0.6) is 0 Å². The van der Waals surface area contributed by atoms with Crippen molar-refractivity contribution in [2.75, 3.05) is 13.2 Å². The highest BCUT2D eigenvalue weighted by Crippen LogP contribution is 2.70. The molecule has 0 amide bonds. The number of nitrogens with one attached hydrogen (secondary N) is 2. The van der Waals surface area contributed by atoms with Gasteiger partial charge < -0.3 is 28.9 Å². The molecule has 454 valence electrons. The molecule has 0 aromatic carbocycles. The number of ether oxygens (including phenoxy) is 4. The van der Waals surface area contributed by atoms with Crippen LogP contribution in [0.25, 0.3) is 46.4 Å². The number of esters is 4. The van der Waals surface area contributed by atoms with Crippen molar-refractivity contribution in [2.24, 2.45) is 45.3 Å². The number of carbonyl (C=O) groups excluding carboxylic acids is 4. The first-order valence-corrected chi connectivity index (χ1v) is 33.2. The van der Waals surface area contributed by atoms with Crippen LogP contribution in [-0.4, -0.2) is 69.2 Å². The van der Waals surface area contributed by atoms with Gasteiger partial charge in [-0.2, -0.15) is 0 Å². The average Bonchev–Trinajstić information content (AvgIpc) is 1.58. The van der Waals surface area contributed by atoms with Crippen molar-refractivity contribution in [3.05, 3.63) is 69.3 Å². The zero-order valence-corrected chi connectivity index (χ0v) is 52.5. The van der Waals surface area contributed by atoms with Gasteiger partial charge in [0.1, 0.15) is 12.2 Å². The molecule has 12 bridgehead atoms. The predicted octanol–water partition coefficient (Wildman–Crippen LogP) is 17.2. The zero-order valence-electron chi connectivity index (χ0n) is 52.5. The quantitative estimate of drug-likeness (QED) is 0.131. The third-order valence-corrected chi connectivity index (χ3v) is 21.6. The minimum absolute atomic E-state index is 0.131. The van der Waals surface area contributed by atoms with Crippen molar-refractivity contribution in [1.82, 2.24) is 19.9 Å². The molecule has 11 rings (SSSR count). The summed E-state index contributed by atoms with van der Waals surface area (Å²) >= 11 is 0. The number of aromatic nitrogens is 4. The SMILES string of the molecule is CCCC1CCCCCCCCCCOC(=O)[C@@H]2[C@H](c3c4nc(c5c6ccc([nH]6)c(c6ccc([nH]6)c(c6nc3C=C6)[C@H]3[C@@H](C(=O)O1)C3(C)C)[C@H]1[C@@H](C(=O)OC(CCC)CCCCCCCCCCOC(=O)[C@@H]3[C@H]5C3(C)C)C1(C)C)C=C4)C2(C)C. The fourth-order valence-corrected chi connectivity index (χ4v) is 16.3. The van der Waals surface area contributed by atoms with Crippen molar-refractivity contribution < 1.29 is 38.1 Å². The normalized spacial score (nSPS) is 30.7. The molecule has 0 spiro atoms. The van der Waals surface area contributed by atoms with Gasteiger partial charge in [0.15, 0.2) is 0 Å². The summed E-state index contributed by atoms with van der Waals surface area (Å²) in [4.78, 5) is 77.8. The lowest BCUT2D eigenvalue weighted by Gasteiger charge is -2.18. The number of H-pyrrole nitrogens is 2. The van der Waals surface area contributed by atoms with E-state index in [1.54, 1.807) is 0 Å². The molecule has 0 saturated heterocycles. The Bertz CT molecular complexity index is 3210. The molecule has 12 nitrogen and oxygen atoms in total. The fraction of sp³-hybridized carbons (Fsp3) is 0.667. The summed E-state index contributed by atoms with van der Waals surface area (Å²) in [5.41, 5.74) is 8.28. The Hall–Kier alpha value is -5.52. The van der Waals surface area contributed by atoms with Crippen molar-refractivity contribution in [3.8, 4) is 0 Å². The van der Waals surface area contributed by atoms with Crippen molar-refractivity contribution in [1.29, 1.82) is 0 Å². The van der Waals surface area contributed by atoms with Gasteiger partial charge in [-0.05, 0) is 122 Å². The zero-order chi connectivity index (χ0) is 59.3. The van der Waals surface area contributed by atoms with Crippen LogP contribution in [-0.2, 0) is 38.1 Å². The Kier molecular flexibility index (Phi) is 17.4. The van der Waals surface area contributed by atoms with Crippen LogP contribution >= 0.6 is 0 Å². The highest BCUT2D eigenvalue weighted by atomic mass is 16.6. The highest BCUT2D eigenvalue weighted by molar-refractivity contribution is 5.91. The number of rotatable bonds is 4. The third kappa shape index (κ3) is 11.8. The molecule has 8 aliphatic rings. The maximum absolute atomic E-state index is 14.9. The standard InChI is InChI=1S/C72H98N4O8/c1-11-29-43-31-25-21-17-13-15-19-23-27-41-81-65(77)61-57(69(61,3)4)53-45-33-34-46(73-45)54-48-36-38-50(75-48)56(52-40-39-51(76-52)55(49-37-35-47(53)74-49)59-63(67(79)83-43)71(59,7)8)60-64(72(60,9)10)68(80)84-44(30-12-2)32-26-22-18-14-16-20-24-28-42-82-66(78)62-58(54)70(62,5)6/h33-40,43-44,57-64,74,76H,11-32,41-42H2,1-10H3/t43?,44?,57-,58-,59-,60-,61-,62-,63-,64-/m0/s1. The van der Waals surface area contributed by atoms with Crippen LogP contribution < -0.4 is 0 Å². The van der Waals surface area contributed by atoms with Gasteiger partial charge in [-0.25, -0.2) is 9.97 Å². The van der Waals surface area contributed by atoms with E-state index in [0.29, 0.717) is 13.2 Å². The summed E-state index contributed by atoms with van der Waals surface area (Å²) in [6, 6.07) is 8.54. The van der Waals surface area contributed by atoms with Crippen molar-refractivity contribution in [3.63, 3.8) is 0 Å². The molecule has 2 unspecified atom stereocenters. The molecule has 84 heavy (non-hydrogen) atoms. The van der Waals surface area contributed by atoms with Crippen molar-refractivity contribution >= 4 is 70.2 Å². The van der Waals surface area contributed by atoms with E-state index in [1.807, 2.05) is 0 Å². The van der Waals surface area contributed by atoms with Gasteiger partial charge in [0.2, 0.25) is 0 Å². The number of cyclic esters (lactones) is 4. The van der Waals surface area contributed by atoms with Crippen LogP contribution in [0, 0.1) is 45.3 Å². The second-order valence-electron chi connectivity index (χ2n) is 29.0. The van der Waals surface area contributed by atoms with E-state index in [1.165, 1.54) is 12.8 Å². The molecule has 7 heterocycles. The Morgan fingerprint density at radius 2 is 0.667 bits per heavy atom. The first kappa shape index (κ1) is 60.2. The summed E-state index contributed by atoms with van der Waals surface area (Å²) in [6.07, 6.45) is 30.5. The fourth-order valence-electron chi connectivity index (χ4n) is 16.3. The summed E-state index contributed by atoms with van der Waals surface area (Å²) in [7, 11) is 0. The number of hydrogen-bond acceptors (Lipinski definition) is 10. The van der Waals surface area contributed by atoms with E-state index < -0.39 is 45.3 Å². The van der Waals surface area contributed by atoms with Gasteiger partial charge in [-0.3, -0.25) is 19.2 Å². The number of nitrogens with zero attached hydrogens (tertiary/aromatic N) is 2. The summed E-state index contributed by atoms with van der Waals surface area (Å²) < 4.78 is 25.6. The molecule has 4 aliphatic carbocycles. The maximum Gasteiger partial charge on any atom is 0.310 e. The molecule has 10 atom stereocenters. The van der Waals surface area contributed by atoms with E-state index >= 15 is 0 Å². The Morgan fingerprint density at radius 3 is 1.02 bits per heavy atom. The molecule has 4 aliphatic heterocycles. The monoisotopic (exact) mass is 1150 g/mol. The smallest absolute Gasteiger partial charge is 0.310 e. The second kappa shape index (κ2) is 24.3. The Labute approximate surface area is 500 Å². The third-order valence-electron chi connectivity index (χ3n) is 21.6. The summed E-state index contributed by atoms with van der Waals surface area (Å²) in [5.74, 6) is -3.22. The van der Waals surface area contributed by atoms with Crippen LogP contribution in [0.15, 0.2) is 24.3 Å². The van der Waals surface area contributed by atoms with Crippen LogP contribution in [0.1, 0.15) is 279 Å². The Morgan fingerprint density at radius 1 is 0.381 bits per heavy atom. The van der Waals surface area contributed by atoms with Gasteiger partial charge in [-0.15, -0.1) is 0 Å². The largest absolute Gasteiger partial charge is 0.465 e. The maximum atomic E-state index is 14.9. The van der Waals surface area contributed by atoms with Gasteiger partial charge in [0, 0.05) is 68.0 Å². The minimum Gasteiger partial charge on any atom is -0.465 e. The van der Waals surface area contributed by atoms with E-state index in [0.717, 1.165) is 196 Å². The first-order valence-electron chi connectivity index (χ1n) is 33.2. The predicted molar refractivity (Wildman–Crippen MR) is 334 cm³/mol. The van der Waals surface area contributed by atoms with Crippen molar-refractivity contribution in [2.45, 2.75) is 246 Å². The molecule has 12 heteroatoms.